The number of methoxy groups -OCH3 is 1. The lowest BCUT2D eigenvalue weighted by molar-refractivity contribution is -0.115. The van der Waals surface area contributed by atoms with Crippen LogP contribution in [0, 0.1) is 0 Å². The highest BCUT2D eigenvalue weighted by molar-refractivity contribution is 7.17. The topological polar surface area (TPSA) is 67.4 Å². The van der Waals surface area contributed by atoms with Crippen molar-refractivity contribution in [2.75, 3.05) is 12.4 Å². The van der Waals surface area contributed by atoms with Crippen molar-refractivity contribution in [3.63, 3.8) is 0 Å². The maximum absolute atomic E-state index is 12.5. The fourth-order valence-electron chi connectivity index (χ4n) is 3.71. The van der Waals surface area contributed by atoms with E-state index in [1.165, 1.54) is 29.8 Å². The number of carbonyl (C=O) groups excluding carboxylic acids is 2. The average Bonchev–Trinajstić information content (AvgIpc) is 3.08. The van der Waals surface area contributed by atoms with Crippen LogP contribution in [0.1, 0.15) is 53.4 Å². The predicted molar refractivity (Wildman–Crippen MR) is 119 cm³/mol. The average molecular weight is 463 g/mol. The van der Waals surface area contributed by atoms with E-state index < -0.39 is 5.97 Å². The third kappa shape index (κ3) is 4.71. The Bertz CT molecular complexity index is 903. The molecule has 5 nitrogen and oxygen atoms in total. The van der Waals surface area contributed by atoms with Crippen LogP contribution in [-0.2, 0) is 27.9 Å². The monoisotopic (exact) mass is 462 g/mol. The van der Waals surface area contributed by atoms with Crippen molar-refractivity contribution in [1.29, 1.82) is 0 Å². The summed E-state index contributed by atoms with van der Waals surface area (Å²) in [6.07, 6.45) is 0.900. The van der Waals surface area contributed by atoms with Gasteiger partial charge in [-0.25, -0.2) is 4.79 Å². The molecule has 2 N–H and O–H groups in total. The predicted octanol–water partition coefficient (Wildman–Crippen LogP) is 5.01. The van der Waals surface area contributed by atoms with Crippen LogP contribution in [0.4, 0.5) is 5.00 Å². The Morgan fingerprint density at radius 1 is 1.25 bits per heavy atom. The summed E-state index contributed by atoms with van der Waals surface area (Å²) >= 11 is 8.75. The Hall–Kier alpha value is -1.12. The molecule has 0 aromatic carbocycles. The van der Waals surface area contributed by atoms with Gasteiger partial charge in [-0.05, 0) is 51.8 Å². The molecule has 0 saturated carbocycles. The standard InChI is InChI=1S/C19H23ClN2O3S2.ClH/c1-18(2)9-11-14(17(24)25-5)16(27-15(11)19(3,4)22-18)21-13(23)8-10-6-7-12(20)26-10;/h6-7,22H,8-9H2,1-5H3,(H,21,23);1H. The third-order valence-corrected chi connectivity index (χ3v) is 7.15. The lowest BCUT2D eigenvalue weighted by Crippen LogP contribution is -2.55. The zero-order valence-electron chi connectivity index (χ0n) is 16.4. The smallest absolute Gasteiger partial charge is 0.341 e. The first-order valence-corrected chi connectivity index (χ1v) is 10.6. The van der Waals surface area contributed by atoms with Gasteiger partial charge in [-0.2, -0.15) is 0 Å². The van der Waals surface area contributed by atoms with Gasteiger partial charge in [0.05, 0.1) is 23.4 Å². The minimum absolute atomic E-state index is 0. The van der Waals surface area contributed by atoms with Gasteiger partial charge >= 0.3 is 5.97 Å². The molecule has 3 rings (SSSR count). The zero-order chi connectivity index (χ0) is 20.0. The van der Waals surface area contributed by atoms with Crippen LogP contribution in [-0.4, -0.2) is 24.5 Å². The molecule has 1 aliphatic heterocycles. The van der Waals surface area contributed by atoms with Gasteiger partial charge in [0.2, 0.25) is 5.91 Å². The van der Waals surface area contributed by atoms with Crippen molar-refractivity contribution in [3.8, 4) is 0 Å². The molecule has 0 bridgehead atoms. The van der Waals surface area contributed by atoms with Crippen LogP contribution >= 0.6 is 46.7 Å². The van der Waals surface area contributed by atoms with Crippen molar-refractivity contribution in [2.45, 2.75) is 51.6 Å². The second-order valence-corrected chi connectivity index (χ2v) is 10.7. The summed E-state index contributed by atoms with van der Waals surface area (Å²) in [6.45, 7) is 8.39. The Morgan fingerprint density at radius 3 is 2.50 bits per heavy atom. The second-order valence-electron chi connectivity index (χ2n) is 7.85. The van der Waals surface area contributed by atoms with Crippen molar-refractivity contribution in [1.82, 2.24) is 5.32 Å². The first kappa shape index (κ1) is 23.2. The van der Waals surface area contributed by atoms with E-state index in [1.807, 2.05) is 6.07 Å². The Balaban J connectivity index is 0.00000280. The zero-order valence-corrected chi connectivity index (χ0v) is 19.6. The van der Waals surface area contributed by atoms with Crippen molar-refractivity contribution in [2.24, 2.45) is 0 Å². The van der Waals surface area contributed by atoms with E-state index in [0.29, 0.717) is 21.3 Å². The van der Waals surface area contributed by atoms with E-state index in [-0.39, 0.29) is 35.8 Å². The van der Waals surface area contributed by atoms with Crippen LogP contribution in [0.15, 0.2) is 12.1 Å². The Labute approximate surface area is 184 Å². The molecule has 0 fully saturated rings. The fourth-order valence-corrected chi connectivity index (χ4v) is 6.08. The van der Waals surface area contributed by atoms with E-state index in [0.717, 1.165) is 15.3 Å². The first-order chi connectivity index (χ1) is 12.5. The SMILES string of the molecule is COC(=O)c1c(NC(=O)Cc2ccc(Cl)s2)sc2c1CC(C)(C)NC2(C)C.Cl. The van der Waals surface area contributed by atoms with Crippen LogP contribution in [0.25, 0.3) is 0 Å². The molecular formula is C19H24Cl2N2O3S2. The largest absolute Gasteiger partial charge is 0.465 e. The highest BCUT2D eigenvalue weighted by Crippen LogP contribution is 2.45. The molecule has 1 aliphatic rings. The maximum atomic E-state index is 12.5. The number of nitrogens with one attached hydrogen (secondary N) is 2. The molecule has 2 aromatic heterocycles. The molecule has 2 aromatic rings. The number of anilines is 1. The van der Waals surface area contributed by atoms with Crippen LogP contribution in [0.3, 0.4) is 0 Å². The highest BCUT2D eigenvalue weighted by Gasteiger charge is 2.42. The third-order valence-electron chi connectivity index (χ3n) is 4.45. The van der Waals surface area contributed by atoms with Gasteiger partial charge in [0, 0.05) is 20.8 Å². The number of rotatable bonds is 4. The number of hydrogen-bond donors (Lipinski definition) is 2. The van der Waals surface area contributed by atoms with Crippen LogP contribution < -0.4 is 10.6 Å². The summed E-state index contributed by atoms with van der Waals surface area (Å²) in [5.41, 5.74) is 0.942. The maximum Gasteiger partial charge on any atom is 0.341 e. The molecule has 0 aliphatic carbocycles. The van der Waals surface area contributed by atoms with Gasteiger partial charge in [0.15, 0.2) is 0 Å². The van der Waals surface area contributed by atoms with E-state index >= 15 is 0 Å². The number of thiophene rings is 2. The fraction of sp³-hybridized carbons (Fsp3) is 0.474. The molecule has 0 radical (unpaired) electrons. The quantitative estimate of drug-likeness (QED) is 0.626. The molecule has 0 saturated heterocycles. The molecule has 3 heterocycles. The van der Waals surface area contributed by atoms with E-state index in [4.69, 9.17) is 16.3 Å². The van der Waals surface area contributed by atoms with Gasteiger partial charge in [-0.3, -0.25) is 4.79 Å². The molecule has 9 heteroatoms. The summed E-state index contributed by atoms with van der Waals surface area (Å²) in [6, 6.07) is 3.61. The van der Waals surface area contributed by atoms with Crippen molar-refractivity contribution in [3.05, 3.63) is 37.4 Å². The minimum atomic E-state index is -0.421. The Kier molecular flexibility index (Phi) is 6.88. The summed E-state index contributed by atoms with van der Waals surface area (Å²) in [4.78, 5) is 27.0. The lowest BCUT2D eigenvalue weighted by Gasteiger charge is -2.42. The number of ether oxygens (including phenoxy) is 1. The summed E-state index contributed by atoms with van der Waals surface area (Å²) in [5, 5.41) is 7.08. The van der Waals surface area contributed by atoms with E-state index in [1.54, 1.807) is 6.07 Å². The minimum Gasteiger partial charge on any atom is -0.465 e. The number of esters is 1. The normalized spacial score (nSPS) is 16.6. The summed E-state index contributed by atoms with van der Waals surface area (Å²) in [5.74, 6) is -0.599. The summed E-state index contributed by atoms with van der Waals surface area (Å²) < 4.78 is 5.67. The second kappa shape index (κ2) is 8.32. The van der Waals surface area contributed by atoms with Gasteiger partial charge in [0.1, 0.15) is 5.00 Å². The highest BCUT2D eigenvalue weighted by atomic mass is 35.5. The molecule has 1 amide bonds. The number of amides is 1. The number of hydrogen-bond acceptors (Lipinski definition) is 6. The van der Waals surface area contributed by atoms with Gasteiger partial charge in [-0.1, -0.05) is 11.6 Å². The molecule has 0 spiro atoms. The summed E-state index contributed by atoms with van der Waals surface area (Å²) in [7, 11) is 1.36. The molecule has 28 heavy (non-hydrogen) atoms. The van der Waals surface area contributed by atoms with Crippen LogP contribution in [0.5, 0.6) is 0 Å². The number of halogens is 2. The lowest BCUT2D eigenvalue weighted by atomic mass is 9.81. The number of fused-ring (bicyclic) bond motifs is 1. The molecule has 0 unspecified atom stereocenters. The van der Waals surface area contributed by atoms with Crippen molar-refractivity contribution < 1.29 is 14.3 Å². The Morgan fingerprint density at radius 2 is 1.93 bits per heavy atom. The van der Waals surface area contributed by atoms with Gasteiger partial charge in [-0.15, -0.1) is 35.1 Å². The van der Waals surface area contributed by atoms with E-state index in [9.17, 15) is 9.59 Å². The van der Waals surface area contributed by atoms with E-state index in [2.05, 4.69) is 38.3 Å². The first-order valence-electron chi connectivity index (χ1n) is 8.60. The van der Waals surface area contributed by atoms with Gasteiger partial charge < -0.3 is 15.4 Å². The molecule has 154 valence electrons. The molecule has 0 atom stereocenters. The molecular weight excluding hydrogens is 439 g/mol. The van der Waals surface area contributed by atoms with Crippen molar-refractivity contribution >= 4 is 63.6 Å². The van der Waals surface area contributed by atoms with Crippen LogP contribution in [0.2, 0.25) is 4.34 Å². The van der Waals surface area contributed by atoms with Gasteiger partial charge in [0.25, 0.3) is 0 Å². The number of carbonyl (C=O) groups is 2.